The molecule has 2 aromatic rings. The Morgan fingerprint density at radius 2 is 2.17 bits per heavy atom. The zero-order valence-corrected chi connectivity index (χ0v) is 16.9. The van der Waals surface area contributed by atoms with E-state index in [0.717, 1.165) is 39.2 Å². The number of aliphatic hydroxyl groups is 1. The fourth-order valence-electron chi connectivity index (χ4n) is 3.36. The largest absolute Gasteiger partial charge is 0.457 e. The summed E-state index contributed by atoms with van der Waals surface area (Å²) in [7, 11) is 0. The standard InChI is InChI=1S/C22H26N4O3/c1-13-6-14(2)21(25-8-13)26-10-16(7-23)9-24-11-20(27)17-4-5-18-19(15(17)3)12-29-22(18)28/h4-8,10,20,23-24,27H,9,11-12H2,1-3H3,(H,25,26)/b16-10+,23-7?/t20-/m0/s1. The van der Waals surface area contributed by atoms with E-state index in [0.29, 0.717) is 18.7 Å². The molecule has 4 N–H and O–H groups in total. The molecule has 3 rings (SSSR count). The number of pyridine rings is 1. The molecule has 0 amide bonds. The molecule has 1 aliphatic rings. The van der Waals surface area contributed by atoms with Gasteiger partial charge in [0.2, 0.25) is 0 Å². The minimum atomic E-state index is -0.725. The molecule has 7 nitrogen and oxygen atoms in total. The SMILES string of the molecule is Cc1cnc(N/C=C(\C=N)CNC[C@H](O)c2ccc3c(c2C)COC3=O)c(C)c1. The van der Waals surface area contributed by atoms with Crippen LogP contribution in [0.5, 0.6) is 0 Å². The smallest absolute Gasteiger partial charge is 0.338 e. The minimum Gasteiger partial charge on any atom is -0.457 e. The van der Waals surface area contributed by atoms with Crippen molar-refractivity contribution in [3.8, 4) is 0 Å². The molecule has 0 aliphatic carbocycles. The first-order chi connectivity index (χ1) is 13.9. The average Bonchev–Trinajstić information content (AvgIpc) is 3.07. The number of carbonyl (C=O) groups is 1. The van der Waals surface area contributed by atoms with Gasteiger partial charge in [0.15, 0.2) is 0 Å². The van der Waals surface area contributed by atoms with Gasteiger partial charge in [0.25, 0.3) is 0 Å². The molecule has 0 bridgehead atoms. The second-order valence-corrected chi connectivity index (χ2v) is 7.21. The highest BCUT2D eigenvalue weighted by molar-refractivity contribution is 5.94. The van der Waals surface area contributed by atoms with Crippen LogP contribution < -0.4 is 10.6 Å². The summed E-state index contributed by atoms with van der Waals surface area (Å²) in [5.41, 5.74) is 5.92. The fourth-order valence-corrected chi connectivity index (χ4v) is 3.36. The van der Waals surface area contributed by atoms with Crippen LogP contribution in [0.4, 0.5) is 5.82 Å². The van der Waals surface area contributed by atoms with Crippen molar-refractivity contribution in [1.29, 1.82) is 5.41 Å². The van der Waals surface area contributed by atoms with E-state index in [-0.39, 0.29) is 12.6 Å². The third kappa shape index (κ3) is 4.70. The van der Waals surface area contributed by atoms with Crippen LogP contribution in [0.25, 0.3) is 0 Å². The number of hydrogen-bond donors (Lipinski definition) is 4. The van der Waals surface area contributed by atoms with Crippen molar-refractivity contribution in [2.75, 3.05) is 18.4 Å². The van der Waals surface area contributed by atoms with Crippen LogP contribution in [0.15, 0.2) is 36.2 Å². The number of aliphatic hydroxyl groups excluding tert-OH is 1. The van der Waals surface area contributed by atoms with Crippen molar-refractivity contribution < 1.29 is 14.6 Å². The lowest BCUT2D eigenvalue weighted by Gasteiger charge is -2.16. The van der Waals surface area contributed by atoms with E-state index in [1.165, 1.54) is 6.21 Å². The van der Waals surface area contributed by atoms with E-state index in [9.17, 15) is 9.90 Å². The van der Waals surface area contributed by atoms with Gasteiger partial charge in [-0.3, -0.25) is 0 Å². The van der Waals surface area contributed by atoms with Crippen LogP contribution >= 0.6 is 0 Å². The van der Waals surface area contributed by atoms with Gasteiger partial charge in [-0.25, -0.2) is 9.78 Å². The molecule has 0 saturated carbocycles. The number of anilines is 1. The highest BCUT2D eigenvalue weighted by atomic mass is 16.5. The molecular formula is C22H26N4O3. The maximum absolute atomic E-state index is 11.6. The number of hydrogen-bond acceptors (Lipinski definition) is 7. The maximum Gasteiger partial charge on any atom is 0.338 e. The summed E-state index contributed by atoms with van der Waals surface area (Å²) in [5, 5.41) is 24.5. The van der Waals surface area contributed by atoms with Gasteiger partial charge in [-0.05, 0) is 54.7 Å². The van der Waals surface area contributed by atoms with Crippen LogP contribution in [0.1, 0.15) is 44.3 Å². The first-order valence-corrected chi connectivity index (χ1v) is 9.48. The average molecular weight is 394 g/mol. The Labute approximate surface area is 170 Å². The molecule has 152 valence electrons. The van der Waals surface area contributed by atoms with Gasteiger partial charge in [0.05, 0.1) is 11.7 Å². The molecule has 1 atom stereocenters. The van der Waals surface area contributed by atoms with E-state index in [1.807, 2.05) is 26.8 Å². The molecule has 0 radical (unpaired) electrons. The molecule has 7 heteroatoms. The van der Waals surface area contributed by atoms with Gasteiger partial charge >= 0.3 is 5.97 Å². The van der Waals surface area contributed by atoms with Crippen molar-refractivity contribution in [3.63, 3.8) is 0 Å². The first kappa shape index (κ1) is 20.7. The Morgan fingerprint density at radius 1 is 1.38 bits per heavy atom. The Balaban J connectivity index is 1.58. The first-order valence-electron chi connectivity index (χ1n) is 9.48. The number of nitrogens with one attached hydrogen (secondary N) is 3. The normalized spacial score (nSPS) is 14.3. The number of ether oxygens (including phenoxy) is 1. The van der Waals surface area contributed by atoms with Gasteiger partial charge in [0.1, 0.15) is 12.4 Å². The van der Waals surface area contributed by atoms with E-state index in [4.69, 9.17) is 10.1 Å². The number of cyclic esters (lactones) is 1. The second kappa shape index (κ2) is 8.98. The Kier molecular flexibility index (Phi) is 6.41. The summed E-state index contributed by atoms with van der Waals surface area (Å²) in [5.74, 6) is 0.439. The molecule has 0 saturated heterocycles. The minimum absolute atomic E-state index is 0.257. The third-order valence-electron chi connectivity index (χ3n) is 5.03. The van der Waals surface area contributed by atoms with Gasteiger partial charge in [-0.15, -0.1) is 0 Å². The van der Waals surface area contributed by atoms with Gasteiger partial charge < -0.3 is 25.9 Å². The Morgan fingerprint density at radius 3 is 2.90 bits per heavy atom. The number of aromatic nitrogens is 1. The second-order valence-electron chi connectivity index (χ2n) is 7.21. The van der Waals surface area contributed by atoms with Gasteiger partial charge in [-0.1, -0.05) is 12.1 Å². The number of benzene rings is 1. The van der Waals surface area contributed by atoms with Crippen molar-refractivity contribution >= 4 is 18.0 Å². The molecule has 1 aromatic heterocycles. The maximum atomic E-state index is 11.6. The van der Waals surface area contributed by atoms with Crippen molar-refractivity contribution in [3.05, 3.63) is 69.5 Å². The highest BCUT2D eigenvalue weighted by Gasteiger charge is 2.25. The molecule has 0 spiro atoms. The van der Waals surface area contributed by atoms with Crippen molar-refractivity contribution in [2.45, 2.75) is 33.5 Å². The van der Waals surface area contributed by atoms with Crippen LogP contribution in [-0.2, 0) is 11.3 Å². The van der Waals surface area contributed by atoms with Crippen molar-refractivity contribution in [2.24, 2.45) is 0 Å². The summed E-state index contributed by atoms with van der Waals surface area (Å²) in [6.45, 7) is 6.86. The lowest BCUT2D eigenvalue weighted by molar-refractivity contribution is 0.0535. The monoisotopic (exact) mass is 394 g/mol. The fraction of sp³-hybridized carbons (Fsp3) is 0.318. The highest BCUT2D eigenvalue weighted by Crippen LogP contribution is 2.28. The third-order valence-corrected chi connectivity index (χ3v) is 5.03. The number of nitrogens with zero attached hydrogens (tertiary/aromatic N) is 1. The molecule has 0 unspecified atom stereocenters. The van der Waals surface area contributed by atoms with Crippen LogP contribution in [0.2, 0.25) is 0 Å². The number of esters is 1. The summed E-state index contributed by atoms with van der Waals surface area (Å²) in [4.78, 5) is 16.0. The quantitative estimate of drug-likeness (QED) is 0.405. The molecule has 1 aliphatic heterocycles. The lowest BCUT2D eigenvalue weighted by atomic mass is 9.95. The summed E-state index contributed by atoms with van der Waals surface area (Å²) < 4.78 is 5.06. The molecular weight excluding hydrogens is 368 g/mol. The predicted octanol–water partition coefficient (Wildman–Crippen LogP) is 2.95. The van der Waals surface area contributed by atoms with Gasteiger partial charge in [-0.2, -0.15) is 0 Å². The number of carbonyl (C=O) groups excluding carboxylic acids is 1. The molecule has 0 fully saturated rings. The van der Waals surface area contributed by atoms with E-state index >= 15 is 0 Å². The molecule has 2 heterocycles. The zero-order chi connectivity index (χ0) is 21.0. The number of fused-ring (bicyclic) bond motifs is 1. The Hall–Kier alpha value is -3.03. The van der Waals surface area contributed by atoms with Crippen LogP contribution in [-0.4, -0.2) is 35.4 Å². The van der Waals surface area contributed by atoms with Crippen molar-refractivity contribution in [1.82, 2.24) is 10.3 Å². The predicted molar refractivity (Wildman–Crippen MR) is 112 cm³/mol. The molecule has 1 aromatic carbocycles. The number of aryl methyl sites for hydroxylation is 2. The summed E-state index contributed by atoms with van der Waals surface area (Å²) in [6, 6.07) is 5.52. The van der Waals surface area contributed by atoms with Crippen LogP contribution in [0, 0.1) is 26.2 Å². The topological polar surface area (TPSA) is 107 Å². The van der Waals surface area contributed by atoms with E-state index in [2.05, 4.69) is 15.6 Å². The number of rotatable bonds is 8. The van der Waals surface area contributed by atoms with E-state index < -0.39 is 6.10 Å². The molecule has 29 heavy (non-hydrogen) atoms. The van der Waals surface area contributed by atoms with Gasteiger partial charge in [0, 0.05) is 37.3 Å². The van der Waals surface area contributed by atoms with Crippen LogP contribution in [0.3, 0.4) is 0 Å². The zero-order valence-electron chi connectivity index (χ0n) is 16.9. The Bertz CT molecular complexity index is 969. The summed E-state index contributed by atoms with van der Waals surface area (Å²) in [6.07, 6.45) is 4.07. The lowest BCUT2D eigenvalue weighted by Crippen LogP contribution is -2.25. The summed E-state index contributed by atoms with van der Waals surface area (Å²) >= 11 is 0. The van der Waals surface area contributed by atoms with E-state index in [1.54, 1.807) is 24.5 Å².